The van der Waals surface area contributed by atoms with E-state index >= 15 is 0 Å². The van der Waals surface area contributed by atoms with Gasteiger partial charge in [-0.3, -0.25) is 4.79 Å². The molecule has 0 atom stereocenters. The molecule has 0 aliphatic heterocycles. The number of hydrogen-bond donors (Lipinski definition) is 1. The maximum absolute atomic E-state index is 12.7. The third-order valence-electron chi connectivity index (χ3n) is 4.50. The number of amides is 1. The van der Waals surface area contributed by atoms with Crippen molar-refractivity contribution in [3.63, 3.8) is 0 Å². The minimum absolute atomic E-state index is 0.0543. The molecule has 1 aliphatic carbocycles. The van der Waals surface area contributed by atoms with Crippen molar-refractivity contribution in [1.29, 1.82) is 0 Å². The molecule has 1 N–H and O–H groups in total. The third-order valence-corrected chi connectivity index (χ3v) is 5.22. The largest absolute Gasteiger partial charge is 0.497 e. The van der Waals surface area contributed by atoms with Gasteiger partial charge in [-0.1, -0.05) is 36.6 Å². The van der Waals surface area contributed by atoms with E-state index < -0.39 is 0 Å². The van der Waals surface area contributed by atoms with E-state index in [4.69, 9.17) is 4.74 Å². The van der Waals surface area contributed by atoms with Crippen molar-refractivity contribution in [2.45, 2.75) is 51.0 Å². The van der Waals surface area contributed by atoms with Gasteiger partial charge >= 0.3 is 0 Å². The number of methoxy groups -OCH3 is 1. The van der Waals surface area contributed by atoms with E-state index in [9.17, 15) is 4.79 Å². The number of carbonyl (C=O) groups is 1. The highest BCUT2D eigenvalue weighted by Gasteiger charge is 2.21. The number of benzene rings is 1. The van der Waals surface area contributed by atoms with E-state index in [1.807, 2.05) is 24.3 Å². The fourth-order valence-corrected chi connectivity index (χ4v) is 3.72. The Morgan fingerprint density at radius 2 is 1.79 bits per heavy atom. The molecule has 24 heavy (non-hydrogen) atoms. The number of aromatic nitrogens is 2. The molecule has 0 radical (unpaired) electrons. The molecule has 1 aromatic carbocycles. The molecule has 1 heterocycles. The third kappa shape index (κ3) is 4.12. The van der Waals surface area contributed by atoms with Crippen LogP contribution in [0.5, 0.6) is 5.75 Å². The van der Waals surface area contributed by atoms with Gasteiger partial charge in [0.25, 0.3) is 5.91 Å². The van der Waals surface area contributed by atoms with Gasteiger partial charge in [-0.05, 0) is 48.6 Å². The van der Waals surface area contributed by atoms with Gasteiger partial charge in [0.2, 0.25) is 0 Å². The molecule has 6 heteroatoms. The summed E-state index contributed by atoms with van der Waals surface area (Å²) in [7, 11) is 1.63. The van der Waals surface area contributed by atoms with Crippen molar-refractivity contribution >= 4 is 17.4 Å². The van der Waals surface area contributed by atoms with E-state index in [0.29, 0.717) is 10.6 Å². The normalized spacial score (nSPS) is 16.2. The van der Waals surface area contributed by atoms with Crippen molar-refractivity contribution in [3.8, 4) is 17.0 Å². The van der Waals surface area contributed by atoms with Crippen molar-refractivity contribution in [3.05, 3.63) is 29.1 Å². The molecule has 1 amide bonds. The molecule has 0 saturated heterocycles. The van der Waals surface area contributed by atoms with Crippen LogP contribution in [0.4, 0.5) is 0 Å². The molecular weight excluding hydrogens is 322 g/mol. The Balaban J connectivity index is 1.72. The van der Waals surface area contributed by atoms with Crippen LogP contribution < -0.4 is 10.1 Å². The van der Waals surface area contributed by atoms with Crippen LogP contribution in [0.15, 0.2) is 24.3 Å². The van der Waals surface area contributed by atoms with Gasteiger partial charge in [0, 0.05) is 11.6 Å². The van der Waals surface area contributed by atoms with Crippen molar-refractivity contribution in [1.82, 2.24) is 14.9 Å². The maximum Gasteiger partial charge on any atom is 0.265 e. The average molecular weight is 345 g/mol. The first kappa shape index (κ1) is 16.9. The predicted octanol–water partition coefficient (Wildman–Crippen LogP) is 4.06. The molecule has 5 nitrogen and oxygen atoms in total. The van der Waals surface area contributed by atoms with Crippen LogP contribution in [0, 0.1) is 0 Å². The number of rotatable bonds is 4. The molecule has 1 aliphatic rings. The Hall–Kier alpha value is -1.95. The first-order valence-corrected chi connectivity index (χ1v) is 9.33. The number of ether oxygens (including phenoxy) is 1. The summed E-state index contributed by atoms with van der Waals surface area (Å²) >= 11 is 1.16. The number of nitrogens with zero attached hydrogens (tertiary/aromatic N) is 2. The molecule has 1 saturated carbocycles. The summed E-state index contributed by atoms with van der Waals surface area (Å²) < 4.78 is 9.16. The Morgan fingerprint density at radius 1 is 1.12 bits per heavy atom. The molecule has 128 valence electrons. The molecular formula is C18H23N3O2S. The van der Waals surface area contributed by atoms with Gasteiger partial charge in [0.05, 0.1) is 7.11 Å². The summed E-state index contributed by atoms with van der Waals surface area (Å²) in [5.74, 6) is 0.726. The average Bonchev–Trinajstić information content (AvgIpc) is 3.07. The van der Waals surface area contributed by atoms with Crippen LogP contribution >= 0.6 is 11.5 Å². The van der Waals surface area contributed by atoms with Gasteiger partial charge in [0.1, 0.15) is 16.3 Å². The lowest BCUT2D eigenvalue weighted by molar-refractivity contribution is 0.0935. The quantitative estimate of drug-likeness (QED) is 0.908. The van der Waals surface area contributed by atoms with E-state index in [1.165, 1.54) is 32.1 Å². The summed E-state index contributed by atoms with van der Waals surface area (Å²) in [6.45, 7) is 0. The molecule has 0 bridgehead atoms. The summed E-state index contributed by atoms with van der Waals surface area (Å²) in [4.78, 5) is 13.3. The second kappa shape index (κ2) is 8.24. The van der Waals surface area contributed by atoms with Gasteiger partial charge in [0.15, 0.2) is 0 Å². The van der Waals surface area contributed by atoms with Crippen LogP contribution in [-0.2, 0) is 0 Å². The SMILES string of the molecule is COc1ccc(-c2nnsc2C(=O)NC2CCCCCCC2)cc1. The van der Waals surface area contributed by atoms with Crippen LogP contribution in [0.25, 0.3) is 11.3 Å². The lowest BCUT2D eigenvalue weighted by Crippen LogP contribution is -2.35. The van der Waals surface area contributed by atoms with E-state index in [0.717, 1.165) is 35.7 Å². The monoisotopic (exact) mass is 345 g/mol. The fraction of sp³-hybridized carbons (Fsp3) is 0.500. The van der Waals surface area contributed by atoms with Gasteiger partial charge in [-0.2, -0.15) is 0 Å². The highest BCUT2D eigenvalue weighted by molar-refractivity contribution is 7.08. The molecule has 1 fully saturated rings. The zero-order chi connectivity index (χ0) is 16.8. The fourth-order valence-electron chi connectivity index (χ4n) is 3.13. The van der Waals surface area contributed by atoms with E-state index in [2.05, 4.69) is 14.9 Å². The minimum Gasteiger partial charge on any atom is -0.497 e. The lowest BCUT2D eigenvalue weighted by Gasteiger charge is -2.20. The maximum atomic E-state index is 12.7. The van der Waals surface area contributed by atoms with Crippen LogP contribution in [0.3, 0.4) is 0 Å². The number of nitrogens with one attached hydrogen (secondary N) is 1. The smallest absolute Gasteiger partial charge is 0.265 e. The Kier molecular flexibility index (Phi) is 5.80. The topological polar surface area (TPSA) is 64.1 Å². The molecule has 0 spiro atoms. The number of carbonyl (C=O) groups excluding carboxylic acids is 1. The van der Waals surface area contributed by atoms with Crippen LogP contribution in [0.1, 0.15) is 54.6 Å². The first-order valence-electron chi connectivity index (χ1n) is 8.55. The summed E-state index contributed by atoms with van der Waals surface area (Å²) in [6, 6.07) is 7.81. The van der Waals surface area contributed by atoms with E-state index in [-0.39, 0.29) is 11.9 Å². The summed E-state index contributed by atoms with van der Waals surface area (Å²) in [6.07, 6.45) is 8.37. The highest BCUT2D eigenvalue weighted by atomic mass is 32.1. The Labute approximate surface area is 146 Å². The second-order valence-corrected chi connectivity index (χ2v) is 6.95. The van der Waals surface area contributed by atoms with Crippen molar-refractivity contribution < 1.29 is 9.53 Å². The summed E-state index contributed by atoms with van der Waals surface area (Å²) in [5.41, 5.74) is 1.53. The minimum atomic E-state index is -0.0543. The Bertz CT molecular complexity index is 661. The van der Waals surface area contributed by atoms with Gasteiger partial charge in [-0.15, -0.1) is 5.10 Å². The molecule has 0 unspecified atom stereocenters. The lowest BCUT2D eigenvalue weighted by atomic mass is 9.96. The Morgan fingerprint density at radius 3 is 2.46 bits per heavy atom. The second-order valence-electron chi connectivity index (χ2n) is 6.19. The van der Waals surface area contributed by atoms with Crippen molar-refractivity contribution in [2.75, 3.05) is 7.11 Å². The van der Waals surface area contributed by atoms with Crippen LogP contribution in [-0.4, -0.2) is 28.6 Å². The molecule has 3 rings (SSSR count). The van der Waals surface area contributed by atoms with Crippen molar-refractivity contribution in [2.24, 2.45) is 0 Å². The highest BCUT2D eigenvalue weighted by Crippen LogP contribution is 2.26. The predicted molar refractivity (Wildman–Crippen MR) is 95.5 cm³/mol. The number of hydrogen-bond acceptors (Lipinski definition) is 5. The molecule has 1 aromatic heterocycles. The van der Waals surface area contributed by atoms with Gasteiger partial charge in [-0.25, -0.2) is 0 Å². The molecule has 2 aromatic rings. The first-order chi connectivity index (χ1) is 11.8. The van der Waals surface area contributed by atoms with Gasteiger partial charge < -0.3 is 10.1 Å². The zero-order valence-corrected chi connectivity index (χ0v) is 14.8. The zero-order valence-electron chi connectivity index (χ0n) is 14.0. The van der Waals surface area contributed by atoms with E-state index in [1.54, 1.807) is 7.11 Å². The standard InChI is InChI=1S/C18H23N3O2S/c1-23-15-11-9-13(10-12-15)16-17(24-21-20-16)18(22)19-14-7-5-3-2-4-6-8-14/h9-12,14H,2-8H2,1H3,(H,19,22). The van der Waals surface area contributed by atoms with Crippen LogP contribution in [0.2, 0.25) is 0 Å². The summed E-state index contributed by atoms with van der Waals surface area (Å²) in [5, 5.41) is 7.35.